The number of aryl methyl sites for hydroxylation is 1. The Balaban J connectivity index is 3.05. The van der Waals surface area contributed by atoms with E-state index in [-0.39, 0.29) is 5.78 Å². The summed E-state index contributed by atoms with van der Waals surface area (Å²) in [6, 6.07) is 5.61. The molecule has 0 aromatic heterocycles. The van der Waals surface area contributed by atoms with Crippen LogP contribution in [0.5, 0.6) is 0 Å². The summed E-state index contributed by atoms with van der Waals surface area (Å²) in [7, 11) is 0. The van der Waals surface area contributed by atoms with Crippen molar-refractivity contribution in [1.29, 1.82) is 0 Å². The van der Waals surface area contributed by atoms with Crippen molar-refractivity contribution in [2.75, 3.05) is 5.88 Å². The highest BCUT2D eigenvalue weighted by Crippen LogP contribution is 2.19. The predicted octanol–water partition coefficient (Wildman–Crippen LogP) is 3.10. The molecule has 1 rings (SSSR count). The minimum absolute atomic E-state index is 0.0677. The Labute approximate surface area is 88.5 Å². The standard InChI is InChI=1S/C10H11ClOS/c1-7-3-2-4-9(13)10(7)8(12)5-6-11/h2-4,13H,5-6H2,1H3. The zero-order valence-corrected chi connectivity index (χ0v) is 9.03. The molecular formula is C10H11ClOS. The largest absolute Gasteiger partial charge is 0.294 e. The molecule has 0 fully saturated rings. The van der Waals surface area contributed by atoms with Crippen molar-refractivity contribution in [2.45, 2.75) is 18.2 Å². The number of rotatable bonds is 3. The van der Waals surface area contributed by atoms with E-state index in [9.17, 15) is 4.79 Å². The Hall–Kier alpha value is -0.470. The molecule has 0 bridgehead atoms. The van der Waals surface area contributed by atoms with E-state index in [1.807, 2.05) is 25.1 Å². The van der Waals surface area contributed by atoms with Crippen LogP contribution in [0.2, 0.25) is 0 Å². The van der Waals surface area contributed by atoms with E-state index in [1.54, 1.807) is 0 Å². The number of alkyl halides is 1. The summed E-state index contributed by atoms with van der Waals surface area (Å²) in [5, 5.41) is 0. The van der Waals surface area contributed by atoms with Gasteiger partial charge in [0.15, 0.2) is 5.78 Å². The lowest BCUT2D eigenvalue weighted by Crippen LogP contribution is -2.03. The number of ketones is 1. The molecule has 0 amide bonds. The Morgan fingerprint density at radius 3 is 2.77 bits per heavy atom. The number of hydrogen-bond donors (Lipinski definition) is 1. The number of hydrogen-bond acceptors (Lipinski definition) is 2. The van der Waals surface area contributed by atoms with Gasteiger partial charge in [0.05, 0.1) is 0 Å². The number of thiol groups is 1. The Morgan fingerprint density at radius 1 is 1.54 bits per heavy atom. The lowest BCUT2D eigenvalue weighted by atomic mass is 10.0. The van der Waals surface area contributed by atoms with Gasteiger partial charge in [0, 0.05) is 22.8 Å². The number of benzene rings is 1. The molecule has 0 N–H and O–H groups in total. The van der Waals surface area contributed by atoms with Gasteiger partial charge in [0.1, 0.15) is 0 Å². The monoisotopic (exact) mass is 214 g/mol. The summed E-state index contributed by atoms with van der Waals surface area (Å²) in [4.78, 5) is 12.3. The first-order valence-electron chi connectivity index (χ1n) is 4.04. The Bertz CT molecular complexity index is 302. The van der Waals surface area contributed by atoms with Crippen LogP contribution in [0.15, 0.2) is 23.1 Å². The third-order valence-electron chi connectivity index (χ3n) is 1.85. The highest BCUT2D eigenvalue weighted by molar-refractivity contribution is 7.80. The van der Waals surface area contributed by atoms with E-state index in [0.29, 0.717) is 17.9 Å². The molecule has 1 aromatic carbocycles. The summed E-state index contributed by atoms with van der Waals surface area (Å²) in [6.45, 7) is 1.90. The summed E-state index contributed by atoms with van der Waals surface area (Å²) < 4.78 is 0. The van der Waals surface area contributed by atoms with Crippen molar-refractivity contribution in [1.82, 2.24) is 0 Å². The van der Waals surface area contributed by atoms with Crippen molar-refractivity contribution in [3.05, 3.63) is 29.3 Å². The van der Waals surface area contributed by atoms with Gasteiger partial charge in [-0.25, -0.2) is 0 Å². The van der Waals surface area contributed by atoms with Gasteiger partial charge >= 0.3 is 0 Å². The molecular weight excluding hydrogens is 204 g/mol. The lowest BCUT2D eigenvalue weighted by molar-refractivity contribution is 0.0986. The number of carbonyl (C=O) groups excluding carboxylic acids is 1. The van der Waals surface area contributed by atoms with Crippen LogP contribution in [-0.4, -0.2) is 11.7 Å². The van der Waals surface area contributed by atoms with Gasteiger partial charge < -0.3 is 0 Å². The Kier molecular flexibility index (Phi) is 3.82. The summed E-state index contributed by atoms with van der Waals surface area (Å²) in [5.41, 5.74) is 1.66. The second kappa shape index (κ2) is 4.68. The van der Waals surface area contributed by atoms with Gasteiger partial charge in [0.25, 0.3) is 0 Å². The fourth-order valence-electron chi connectivity index (χ4n) is 1.23. The average molecular weight is 215 g/mol. The molecule has 0 heterocycles. The van der Waals surface area contributed by atoms with Crippen molar-refractivity contribution in [3.8, 4) is 0 Å². The predicted molar refractivity (Wildman–Crippen MR) is 58.1 cm³/mol. The molecule has 3 heteroatoms. The van der Waals surface area contributed by atoms with Gasteiger partial charge in [-0.05, 0) is 18.6 Å². The first kappa shape index (κ1) is 10.6. The topological polar surface area (TPSA) is 17.1 Å². The van der Waals surface area contributed by atoms with Crippen molar-refractivity contribution in [3.63, 3.8) is 0 Å². The van der Waals surface area contributed by atoms with E-state index in [2.05, 4.69) is 12.6 Å². The maximum absolute atomic E-state index is 11.6. The normalized spacial score (nSPS) is 10.1. The number of carbonyl (C=O) groups is 1. The molecule has 0 saturated heterocycles. The zero-order chi connectivity index (χ0) is 9.84. The second-order valence-corrected chi connectivity index (χ2v) is 3.69. The highest BCUT2D eigenvalue weighted by Gasteiger charge is 2.10. The average Bonchev–Trinajstić information content (AvgIpc) is 2.04. The molecule has 13 heavy (non-hydrogen) atoms. The van der Waals surface area contributed by atoms with Crippen LogP contribution < -0.4 is 0 Å². The van der Waals surface area contributed by atoms with Gasteiger partial charge in [-0.2, -0.15) is 0 Å². The zero-order valence-electron chi connectivity index (χ0n) is 7.38. The molecule has 0 atom stereocenters. The van der Waals surface area contributed by atoms with E-state index in [1.165, 1.54) is 0 Å². The maximum Gasteiger partial charge on any atom is 0.165 e. The minimum Gasteiger partial charge on any atom is -0.294 e. The molecule has 0 aliphatic rings. The fraction of sp³-hybridized carbons (Fsp3) is 0.300. The molecule has 70 valence electrons. The third-order valence-corrected chi connectivity index (χ3v) is 2.41. The van der Waals surface area contributed by atoms with Crippen LogP contribution in [0.3, 0.4) is 0 Å². The first-order chi connectivity index (χ1) is 6.16. The molecule has 0 aliphatic heterocycles. The summed E-state index contributed by atoms with van der Waals surface area (Å²) in [6.07, 6.45) is 0.375. The van der Waals surface area contributed by atoms with Crippen LogP contribution in [0, 0.1) is 6.92 Å². The van der Waals surface area contributed by atoms with Crippen molar-refractivity contribution in [2.24, 2.45) is 0 Å². The molecule has 1 aromatic rings. The van der Waals surface area contributed by atoms with Crippen LogP contribution in [0.4, 0.5) is 0 Å². The van der Waals surface area contributed by atoms with Crippen LogP contribution in [-0.2, 0) is 0 Å². The fourth-order valence-corrected chi connectivity index (χ4v) is 1.78. The maximum atomic E-state index is 11.6. The molecule has 0 radical (unpaired) electrons. The van der Waals surface area contributed by atoms with Crippen LogP contribution >= 0.6 is 24.2 Å². The number of halogens is 1. The smallest absolute Gasteiger partial charge is 0.165 e. The Morgan fingerprint density at radius 2 is 2.23 bits per heavy atom. The second-order valence-electron chi connectivity index (χ2n) is 2.83. The molecule has 1 nitrogen and oxygen atoms in total. The van der Waals surface area contributed by atoms with Crippen molar-refractivity contribution < 1.29 is 4.79 Å². The molecule has 0 unspecified atom stereocenters. The number of Topliss-reactive ketones (excluding diaryl/α,β-unsaturated/α-hetero) is 1. The van der Waals surface area contributed by atoms with Gasteiger partial charge in [-0.1, -0.05) is 12.1 Å². The molecule has 0 spiro atoms. The molecule has 0 saturated carbocycles. The highest BCUT2D eigenvalue weighted by atomic mass is 35.5. The van der Waals surface area contributed by atoms with Gasteiger partial charge in [0.2, 0.25) is 0 Å². The van der Waals surface area contributed by atoms with E-state index in [4.69, 9.17) is 11.6 Å². The summed E-state index contributed by atoms with van der Waals surface area (Å²) in [5.74, 6) is 0.429. The quantitative estimate of drug-likeness (QED) is 0.465. The van der Waals surface area contributed by atoms with Crippen LogP contribution in [0.25, 0.3) is 0 Å². The van der Waals surface area contributed by atoms with Gasteiger partial charge in [-0.15, -0.1) is 24.2 Å². The van der Waals surface area contributed by atoms with E-state index >= 15 is 0 Å². The van der Waals surface area contributed by atoms with Gasteiger partial charge in [-0.3, -0.25) is 4.79 Å². The third kappa shape index (κ3) is 2.48. The minimum atomic E-state index is 0.0677. The SMILES string of the molecule is Cc1cccc(S)c1C(=O)CCCl. The summed E-state index contributed by atoms with van der Waals surface area (Å²) >= 11 is 9.74. The lowest BCUT2D eigenvalue weighted by Gasteiger charge is -2.06. The van der Waals surface area contributed by atoms with E-state index in [0.717, 1.165) is 10.5 Å². The van der Waals surface area contributed by atoms with E-state index < -0.39 is 0 Å². The molecule has 0 aliphatic carbocycles. The first-order valence-corrected chi connectivity index (χ1v) is 5.02. The van der Waals surface area contributed by atoms with Crippen molar-refractivity contribution >= 4 is 30.0 Å². The van der Waals surface area contributed by atoms with Crippen LogP contribution in [0.1, 0.15) is 22.3 Å².